The monoisotopic (exact) mass is 341 g/mol. The molecule has 2 rings (SSSR count). The lowest BCUT2D eigenvalue weighted by atomic mass is 9.84. The molecule has 0 radical (unpaired) electrons. The van der Waals surface area contributed by atoms with E-state index in [0.717, 1.165) is 12.8 Å². The zero-order valence-corrected chi connectivity index (χ0v) is 15.5. The molecule has 0 aromatic heterocycles. The van der Waals surface area contributed by atoms with Crippen LogP contribution < -0.4 is 11.1 Å². The van der Waals surface area contributed by atoms with Crippen molar-refractivity contribution in [2.45, 2.75) is 65.0 Å². The molecular formula is C17H31N3O2S. The molecule has 5 nitrogen and oxygen atoms in total. The molecule has 1 aliphatic heterocycles. The standard InChI is InChI=1S/C17H31N3O2S/c1-17(2,3)16(22)20-11-23-10-14(20)15(21)19-13(9-18)12-7-5-4-6-8-12/h12-14H,4-11,18H2,1-3H3,(H,19,21). The van der Waals surface area contributed by atoms with E-state index in [4.69, 9.17) is 5.73 Å². The molecule has 0 spiro atoms. The minimum Gasteiger partial charge on any atom is -0.350 e. The summed E-state index contributed by atoms with van der Waals surface area (Å²) in [5.41, 5.74) is 5.46. The average Bonchev–Trinajstić information content (AvgIpc) is 3.01. The van der Waals surface area contributed by atoms with Gasteiger partial charge in [0.1, 0.15) is 6.04 Å². The second-order valence-corrected chi connectivity index (χ2v) is 8.79. The minimum atomic E-state index is -0.458. The van der Waals surface area contributed by atoms with Gasteiger partial charge in [0, 0.05) is 23.8 Å². The average molecular weight is 342 g/mol. The zero-order chi connectivity index (χ0) is 17.0. The van der Waals surface area contributed by atoms with Crippen LogP contribution >= 0.6 is 11.8 Å². The Bertz CT molecular complexity index is 430. The molecule has 6 heteroatoms. The number of nitrogens with two attached hydrogens (primary N) is 1. The molecule has 0 bridgehead atoms. The quantitative estimate of drug-likeness (QED) is 0.819. The summed E-state index contributed by atoms with van der Waals surface area (Å²) in [5.74, 6) is 1.78. The third-order valence-electron chi connectivity index (χ3n) is 4.89. The number of amides is 2. The lowest BCUT2D eigenvalue weighted by Crippen LogP contribution is -2.55. The van der Waals surface area contributed by atoms with E-state index in [-0.39, 0.29) is 23.9 Å². The fraction of sp³-hybridized carbons (Fsp3) is 0.882. The Hall–Kier alpha value is -0.750. The van der Waals surface area contributed by atoms with Crippen molar-refractivity contribution in [1.29, 1.82) is 0 Å². The Morgan fingerprint density at radius 3 is 2.48 bits per heavy atom. The van der Waals surface area contributed by atoms with Crippen molar-refractivity contribution < 1.29 is 9.59 Å². The topological polar surface area (TPSA) is 75.4 Å². The van der Waals surface area contributed by atoms with Gasteiger partial charge in [-0.3, -0.25) is 9.59 Å². The second kappa shape index (κ2) is 7.88. The van der Waals surface area contributed by atoms with Crippen LogP contribution in [0.4, 0.5) is 0 Å². The van der Waals surface area contributed by atoms with Crippen LogP contribution in [0.5, 0.6) is 0 Å². The van der Waals surface area contributed by atoms with Crippen molar-refractivity contribution in [1.82, 2.24) is 10.2 Å². The summed E-state index contributed by atoms with van der Waals surface area (Å²) in [5, 5.41) is 3.14. The fourth-order valence-corrected chi connectivity index (χ4v) is 4.63. The number of nitrogens with one attached hydrogen (secondary N) is 1. The van der Waals surface area contributed by atoms with Crippen LogP contribution in [-0.4, -0.2) is 47.0 Å². The minimum absolute atomic E-state index is 0.0337. The number of nitrogens with zero attached hydrogens (tertiary/aromatic N) is 1. The fourth-order valence-electron chi connectivity index (χ4n) is 3.48. The normalized spacial score (nSPS) is 24.5. The van der Waals surface area contributed by atoms with Gasteiger partial charge in [-0.1, -0.05) is 40.0 Å². The highest BCUT2D eigenvalue weighted by atomic mass is 32.2. The second-order valence-electron chi connectivity index (χ2n) is 7.79. The first-order valence-electron chi connectivity index (χ1n) is 8.74. The molecule has 23 heavy (non-hydrogen) atoms. The van der Waals surface area contributed by atoms with Crippen LogP contribution in [0, 0.1) is 11.3 Å². The van der Waals surface area contributed by atoms with Crippen molar-refractivity contribution in [2.24, 2.45) is 17.1 Å². The van der Waals surface area contributed by atoms with Gasteiger partial charge in [0.2, 0.25) is 11.8 Å². The summed E-state index contributed by atoms with van der Waals surface area (Å²) in [7, 11) is 0. The number of carbonyl (C=O) groups is 2. The Morgan fingerprint density at radius 2 is 1.91 bits per heavy atom. The summed E-state index contributed by atoms with van der Waals surface area (Å²) in [4.78, 5) is 27.0. The number of rotatable bonds is 4. The van der Waals surface area contributed by atoms with E-state index in [9.17, 15) is 9.59 Å². The Labute approximate surface area is 144 Å². The number of hydrogen-bond acceptors (Lipinski definition) is 4. The van der Waals surface area contributed by atoms with E-state index in [0.29, 0.717) is 24.1 Å². The lowest BCUT2D eigenvalue weighted by Gasteiger charge is -2.33. The van der Waals surface area contributed by atoms with Gasteiger partial charge < -0.3 is 16.0 Å². The van der Waals surface area contributed by atoms with Gasteiger partial charge in [-0.25, -0.2) is 0 Å². The van der Waals surface area contributed by atoms with Crippen LogP contribution in [-0.2, 0) is 9.59 Å². The Balaban J connectivity index is 1.99. The molecule has 2 amide bonds. The maximum atomic E-state index is 12.7. The predicted octanol–water partition coefficient (Wildman–Crippen LogP) is 1.96. The number of thioether (sulfide) groups is 1. The highest BCUT2D eigenvalue weighted by Gasteiger charge is 2.39. The molecule has 2 fully saturated rings. The smallest absolute Gasteiger partial charge is 0.243 e. The summed E-state index contributed by atoms with van der Waals surface area (Å²) < 4.78 is 0. The van der Waals surface area contributed by atoms with Crippen LogP contribution in [0.25, 0.3) is 0 Å². The number of carbonyl (C=O) groups excluding carboxylic acids is 2. The Morgan fingerprint density at radius 1 is 1.26 bits per heavy atom. The van der Waals surface area contributed by atoms with Crippen LogP contribution in [0.2, 0.25) is 0 Å². The van der Waals surface area contributed by atoms with Crippen LogP contribution in [0.15, 0.2) is 0 Å². The van der Waals surface area contributed by atoms with Gasteiger partial charge in [-0.05, 0) is 18.8 Å². The highest BCUT2D eigenvalue weighted by molar-refractivity contribution is 7.99. The van der Waals surface area contributed by atoms with Crippen molar-refractivity contribution >= 4 is 23.6 Å². The largest absolute Gasteiger partial charge is 0.350 e. The Kier molecular flexibility index (Phi) is 6.37. The zero-order valence-electron chi connectivity index (χ0n) is 14.6. The van der Waals surface area contributed by atoms with Crippen LogP contribution in [0.3, 0.4) is 0 Å². The SMILES string of the molecule is CC(C)(C)C(=O)N1CSCC1C(=O)NC(CN)C1CCCCC1. The third kappa shape index (κ3) is 4.63. The van der Waals surface area contributed by atoms with Gasteiger partial charge in [0.25, 0.3) is 0 Å². The summed E-state index contributed by atoms with van der Waals surface area (Å²) in [6.07, 6.45) is 6.03. The summed E-state index contributed by atoms with van der Waals surface area (Å²) in [6.45, 7) is 6.18. The van der Waals surface area contributed by atoms with Crippen molar-refractivity contribution in [3.05, 3.63) is 0 Å². The third-order valence-corrected chi connectivity index (χ3v) is 5.90. The molecule has 1 saturated carbocycles. The van der Waals surface area contributed by atoms with Crippen molar-refractivity contribution in [2.75, 3.05) is 18.2 Å². The van der Waals surface area contributed by atoms with Gasteiger partial charge in [-0.15, -0.1) is 11.8 Å². The molecule has 2 aliphatic rings. The molecule has 1 saturated heterocycles. The lowest BCUT2D eigenvalue weighted by molar-refractivity contribution is -0.144. The molecule has 132 valence electrons. The maximum absolute atomic E-state index is 12.7. The van der Waals surface area contributed by atoms with Gasteiger partial charge in [0.05, 0.1) is 5.88 Å². The van der Waals surface area contributed by atoms with E-state index in [1.165, 1.54) is 19.3 Å². The molecule has 2 unspecified atom stereocenters. The first-order chi connectivity index (χ1) is 10.8. The molecule has 1 aliphatic carbocycles. The van der Waals surface area contributed by atoms with E-state index in [1.807, 2.05) is 20.8 Å². The maximum Gasteiger partial charge on any atom is 0.243 e. The number of hydrogen-bond donors (Lipinski definition) is 2. The van der Waals surface area contributed by atoms with E-state index in [1.54, 1.807) is 16.7 Å². The van der Waals surface area contributed by atoms with Gasteiger partial charge in [0.15, 0.2) is 0 Å². The van der Waals surface area contributed by atoms with E-state index >= 15 is 0 Å². The molecule has 0 aromatic rings. The van der Waals surface area contributed by atoms with Crippen molar-refractivity contribution in [3.63, 3.8) is 0 Å². The summed E-state index contributed by atoms with van der Waals surface area (Å²) >= 11 is 1.65. The summed E-state index contributed by atoms with van der Waals surface area (Å²) in [6, 6.07) is -0.315. The van der Waals surface area contributed by atoms with Crippen LogP contribution in [0.1, 0.15) is 52.9 Å². The van der Waals surface area contributed by atoms with E-state index < -0.39 is 5.41 Å². The molecule has 2 atom stereocenters. The predicted molar refractivity (Wildman–Crippen MR) is 95.0 cm³/mol. The first kappa shape index (κ1) is 18.6. The molecular weight excluding hydrogens is 310 g/mol. The molecule has 0 aromatic carbocycles. The van der Waals surface area contributed by atoms with Crippen molar-refractivity contribution in [3.8, 4) is 0 Å². The van der Waals surface area contributed by atoms with Gasteiger partial charge >= 0.3 is 0 Å². The van der Waals surface area contributed by atoms with E-state index in [2.05, 4.69) is 5.32 Å². The molecule has 1 heterocycles. The first-order valence-corrected chi connectivity index (χ1v) is 9.89. The molecule has 3 N–H and O–H groups in total. The van der Waals surface area contributed by atoms with Gasteiger partial charge in [-0.2, -0.15) is 0 Å². The highest BCUT2D eigenvalue weighted by Crippen LogP contribution is 2.29.